The lowest BCUT2D eigenvalue weighted by Gasteiger charge is -2.30. The number of unbranched alkanes of at least 4 members (excludes halogenated alkanes) is 1. The Kier molecular flexibility index (Phi) is 12.2. The maximum Gasteiger partial charge on any atom is 0.243 e. The molecule has 2 aromatic carbocycles. The molecule has 1 aliphatic carbocycles. The molecule has 41 heavy (non-hydrogen) atoms. The summed E-state index contributed by atoms with van der Waals surface area (Å²) in [4.78, 5) is 40.4. The number of hydrogen-bond donors (Lipinski definition) is 2. The van der Waals surface area contributed by atoms with E-state index in [0.29, 0.717) is 23.7 Å². The van der Waals surface area contributed by atoms with Crippen LogP contribution in [-0.4, -0.2) is 60.3 Å². The Bertz CT molecular complexity index is 1190. The van der Waals surface area contributed by atoms with E-state index in [2.05, 4.69) is 17.6 Å². The van der Waals surface area contributed by atoms with Crippen LogP contribution >= 0.6 is 11.6 Å². The third kappa shape index (κ3) is 9.82. The predicted octanol–water partition coefficient (Wildman–Crippen LogP) is 5.12. The second-order valence-corrected chi connectivity index (χ2v) is 11.6. The molecule has 0 heterocycles. The molecule has 0 saturated heterocycles. The van der Waals surface area contributed by atoms with E-state index in [0.717, 1.165) is 43.2 Å². The third-order valence-corrected chi connectivity index (χ3v) is 7.86. The van der Waals surface area contributed by atoms with Crippen molar-refractivity contribution in [2.24, 2.45) is 5.92 Å². The van der Waals surface area contributed by atoms with Crippen LogP contribution in [0.15, 0.2) is 42.5 Å². The number of hydrogen-bond acceptors (Lipinski definition) is 5. The van der Waals surface area contributed by atoms with Gasteiger partial charge in [-0.25, -0.2) is 4.39 Å². The second-order valence-electron chi connectivity index (χ2n) is 11.1. The number of carbonyl (C=O) groups excluding carboxylic acids is 3. The van der Waals surface area contributed by atoms with Gasteiger partial charge in [0, 0.05) is 24.7 Å². The Labute approximate surface area is 248 Å². The Balaban J connectivity index is 1.58. The number of Topliss-reactive ketones (excluding diaryl/α,β-unsaturated/α-hetero) is 1. The Morgan fingerprint density at radius 2 is 1.80 bits per heavy atom. The number of aryl methyl sites for hydroxylation is 1. The van der Waals surface area contributed by atoms with Crippen molar-refractivity contribution in [3.63, 3.8) is 0 Å². The van der Waals surface area contributed by atoms with Crippen LogP contribution < -0.4 is 15.4 Å². The minimum absolute atomic E-state index is 0.169. The summed E-state index contributed by atoms with van der Waals surface area (Å²) < 4.78 is 20.0. The molecule has 2 amide bonds. The molecular weight excluding hydrogens is 545 g/mol. The maximum absolute atomic E-state index is 13.9. The first-order valence-electron chi connectivity index (χ1n) is 14.5. The standard InChI is InChI=1S/C32H43ClFN3O4/c1-6-7-8-24-13-16-27(34)18-29(24)41-20(2)19-35-30(25-11-12-25)32(40)37(5)21(3)31(39)36-28(22(4)38)17-23-9-14-26(33)15-10-23/h9-10,13-16,18,20-21,25,28,30,35H,6-8,11-12,17,19H2,1-5H3,(H,36,39)/t20-,21-,28-,30+/m1/s1. The van der Waals surface area contributed by atoms with Crippen molar-refractivity contribution in [2.75, 3.05) is 13.6 Å². The normalized spacial score (nSPS) is 15.9. The van der Waals surface area contributed by atoms with Gasteiger partial charge < -0.3 is 20.3 Å². The fourth-order valence-corrected chi connectivity index (χ4v) is 4.81. The third-order valence-electron chi connectivity index (χ3n) is 7.61. The first-order chi connectivity index (χ1) is 19.5. The van der Waals surface area contributed by atoms with Gasteiger partial charge in [-0.3, -0.25) is 14.4 Å². The zero-order valence-corrected chi connectivity index (χ0v) is 25.5. The SMILES string of the molecule is CCCCc1ccc(F)cc1O[C@H](C)CN[C@H](C(=O)N(C)[C@H](C)C(=O)N[C@H](Cc1ccc(Cl)cc1)C(C)=O)C1CC1. The number of ketones is 1. The molecule has 0 bridgehead atoms. The molecule has 0 spiro atoms. The Morgan fingerprint density at radius 1 is 1.12 bits per heavy atom. The average molecular weight is 588 g/mol. The van der Waals surface area contributed by atoms with Gasteiger partial charge in [0.2, 0.25) is 11.8 Å². The number of benzene rings is 2. The minimum Gasteiger partial charge on any atom is -0.489 e. The van der Waals surface area contributed by atoms with Crippen molar-refractivity contribution in [3.8, 4) is 5.75 Å². The molecule has 0 unspecified atom stereocenters. The van der Waals surface area contributed by atoms with E-state index in [1.807, 2.05) is 19.1 Å². The highest BCUT2D eigenvalue weighted by molar-refractivity contribution is 6.30. The highest BCUT2D eigenvalue weighted by Crippen LogP contribution is 2.33. The van der Waals surface area contributed by atoms with Crippen molar-refractivity contribution in [3.05, 3.63) is 64.4 Å². The largest absolute Gasteiger partial charge is 0.489 e. The van der Waals surface area contributed by atoms with Gasteiger partial charge in [-0.2, -0.15) is 0 Å². The van der Waals surface area contributed by atoms with Crippen LogP contribution in [0.25, 0.3) is 0 Å². The second kappa shape index (κ2) is 15.3. The molecule has 9 heteroatoms. The van der Waals surface area contributed by atoms with E-state index in [4.69, 9.17) is 16.3 Å². The van der Waals surface area contributed by atoms with Gasteiger partial charge in [0.15, 0.2) is 5.78 Å². The monoisotopic (exact) mass is 587 g/mol. The first kappa shape index (κ1) is 32.5. The van der Waals surface area contributed by atoms with Crippen LogP contribution in [-0.2, 0) is 27.2 Å². The van der Waals surface area contributed by atoms with Crippen molar-refractivity contribution in [1.29, 1.82) is 0 Å². The molecule has 2 N–H and O–H groups in total. The van der Waals surface area contributed by atoms with Crippen molar-refractivity contribution < 1.29 is 23.5 Å². The molecule has 224 valence electrons. The minimum atomic E-state index is -0.778. The summed E-state index contributed by atoms with van der Waals surface area (Å²) in [5.74, 6) is -0.391. The fraction of sp³-hybridized carbons (Fsp3) is 0.531. The van der Waals surface area contributed by atoms with Gasteiger partial charge in [-0.1, -0.05) is 43.1 Å². The predicted molar refractivity (Wildman–Crippen MR) is 160 cm³/mol. The van der Waals surface area contributed by atoms with Crippen molar-refractivity contribution >= 4 is 29.2 Å². The lowest BCUT2D eigenvalue weighted by molar-refractivity contribution is -0.141. The molecule has 7 nitrogen and oxygen atoms in total. The van der Waals surface area contributed by atoms with Crippen LogP contribution in [0, 0.1) is 11.7 Å². The smallest absolute Gasteiger partial charge is 0.243 e. The summed E-state index contributed by atoms with van der Waals surface area (Å²) in [6.45, 7) is 7.48. The molecule has 1 fully saturated rings. The fourth-order valence-electron chi connectivity index (χ4n) is 4.68. The summed E-state index contributed by atoms with van der Waals surface area (Å²) >= 11 is 5.96. The molecule has 4 atom stereocenters. The van der Waals surface area contributed by atoms with E-state index >= 15 is 0 Å². The maximum atomic E-state index is 13.9. The van der Waals surface area contributed by atoms with E-state index in [-0.39, 0.29) is 29.5 Å². The number of ether oxygens (including phenoxy) is 1. The summed E-state index contributed by atoms with van der Waals surface area (Å²) in [6.07, 6.45) is 4.70. The summed E-state index contributed by atoms with van der Waals surface area (Å²) in [5, 5.41) is 6.75. The van der Waals surface area contributed by atoms with E-state index in [9.17, 15) is 18.8 Å². The van der Waals surface area contributed by atoms with Crippen molar-refractivity contribution in [2.45, 2.75) is 90.4 Å². The van der Waals surface area contributed by atoms with E-state index < -0.39 is 24.0 Å². The van der Waals surface area contributed by atoms with Crippen LogP contribution in [0.3, 0.4) is 0 Å². The molecular formula is C32H43ClFN3O4. The topological polar surface area (TPSA) is 87.7 Å². The van der Waals surface area contributed by atoms with Gasteiger partial charge >= 0.3 is 0 Å². The van der Waals surface area contributed by atoms with Crippen LogP contribution in [0.1, 0.15) is 64.5 Å². The summed E-state index contributed by atoms with van der Waals surface area (Å²) in [5.41, 5.74) is 1.84. The van der Waals surface area contributed by atoms with Gasteiger partial charge in [-0.05, 0) is 88.1 Å². The molecule has 0 radical (unpaired) electrons. The lowest BCUT2D eigenvalue weighted by atomic mass is 10.0. The lowest BCUT2D eigenvalue weighted by Crippen LogP contribution is -2.55. The quantitative estimate of drug-likeness (QED) is 0.285. The Morgan fingerprint density at radius 3 is 2.41 bits per heavy atom. The molecule has 0 aromatic heterocycles. The molecule has 0 aliphatic heterocycles. The highest BCUT2D eigenvalue weighted by Gasteiger charge is 2.39. The van der Waals surface area contributed by atoms with Gasteiger partial charge in [0.1, 0.15) is 23.7 Å². The van der Waals surface area contributed by atoms with Crippen LogP contribution in [0.5, 0.6) is 5.75 Å². The highest BCUT2D eigenvalue weighted by atomic mass is 35.5. The molecule has 1 aliphatic rings. The summed E-state index contributed by atoms with van der Waals surface area (Å²) in [7, 11) is 1.61. The van der Waals surface area contributed by atoms with Crippen LogP contribution in [0.4, 0.5) is 4.39 Å². The average Bonchev–Trinajstić information content (AvgIpc) is 3.78. The molecule has 2 aromatic rings. The van der Waals surface area contributed by atoms with Gasteiger partial charge in [-0.15, -0.1) is 0 Å². The van der Waals surface area contributed by atoms with Crippen molar-refractivity contribution in [1.82, 2.24) is 15.5 Å². The molecule has 1 saturated carbocycles. The number of nitrogens with one attached hydrogen (secondary N) is 2. The first-order valence-corrected chi connectivity index (χ1v) is 14.9. The number of nitrogens with zero attached hydrogens (tertiary/aromatic N) is 1. The number of amides is 2. The van der Waals surface area contributed by atoms with E-state index in [1.165, 1.54) is 24.0 Å². The Hall–Kier alpha value is -2.97. The van der Waals surface area contributed by atoms with Gasteiger partial charge in [0.05, 0.1) is 12.1 Å². The number of carbonyl (C=O) groups is 3. The van der Waals surface area contributed by atoms with Gasteiger partial charge in [0.25, 0.3) is 0 Å². The zero-order valence-electron chi connectivity index (χ0n) is 24.7. The molecule has 3 rings (SSSR count). The zero-order chi connectivity index (χ0) is 30.1. The van der Waals surface area contributed by atoms with E-state index in [1.54, 1.807) is 32.2 Å². The summed E-state index contributed by atoms with van der Waals surface area (Å²) in [6, 6.07) is 9.80. The number of rotatable bonds is 16. The number of likely N-dealkylation sites (N-methyl/N-ethyl adjacent to an activating group) is 1. The number of halogens is 2. The van der Waals surface area contributed by atoms with Crippen LogP contribution in [0.2, 0.25) is 5.02 Å².